The van der Waals surface area contributed by atoms with Crippen LogP contribution in [0.4, 0.5) is 5.82 Å². The van der Waals surface area contributed by atoms with E-state index in [1.54, 1.807) is 0 Å². The minimum atomic E-state index is 0.215. The van der Waals surface area contributed by atoms with Gasteiger partial charge in [0.05, 0.1) is 5.69 Å². The second-order valence-electron chi connectivity index (χ2n) is 6.16. The highest BCUT2D eigenvalue weighted by Crippen LogP contribution is 2.25. The zero-order valence-corrected chi connectivity index (χ0v) is 12.6. The Bertz CT molecular complexity index is 495. The second kappa shape index (κ2) is 4.86. The molecule has 0 aromatic carbocycles. The highest BCUT2D eigenvalue weighted by atomic mass is 15.4. The van der Waals surface area contributed by atoms with Crippen LogP contribution >= 0.6 is 0 Å². The summed E-state index contributed by atoms with van der Waals surface area (Å²) in [5, 5.41) is 13.6. The number of nitrogens with zero attached hydrogens (tertiary/aromatic N) is 5. The van der Waals surface area contributed by atoms with Crippen molar-refractivity contribution in [1.29, 1.82) is 5.26 Å². The Hall–Kier alpha value is -1.54. The Morgan fingerprint density at radius 3 is 2.21 bits per heavy atom. The second-order valence-corrected chi connectivity index (χ2v) is 6.16. The van der Waals surface area contributed by atoms with Gasteiger partial charge in [0.1, 0.15) is 17.5 Å². The Balaban J connectivity index is 2.17. The fourth-order valence-electron chi connectivity index (χ4n) is 2.73. The van der Waals surface area contributed by atoms with E-state index in [-0.39, 0.29) is 5.54 Å². The molecule has 0 atom stereocenters. The van der Waals surface area contributed by atoms with Gasteiger partial charge in [0.15, 0.2) is 0 Å². The number of nitriles is 1. The summed E-state index contributed by atoms with van der Waals surface area (Å²) in [7, 11) is 1.92. The van der Waals surface area contributed by atoms with Crippen molar-refractivity contribution in [1.82, 2.24) is 14.7 Å². The summed E-state index contributed by atoms with van der Waals surface area (Å²) in [5.74, 6) is 0.966. The number of hydrogen-bond donors (Lipinski definition) is 0. The van der Waals surface area contributed by atoms with Gasteiger partial charge in [0, 0.05) is 38.8 Å². The van der Waals surface area contributed by atoms with Gasteiger partial charge in [-0.2, -0.15) is 10.4 Å². The van der Waals surface area contributed by atoms with Crippen molar-refractivity contribution in [2.24, 2.45) is 7.05 Å². The largest absolute Gasteiger partial charge is 0.353 e. The van der Waals surface area contributed by atoms with Crippen molar-refractivity contribution in [3.05, 3.63) is 11.3 Å². The maximum Gasteiger partial charge on any atom is 0.145 e. The first-order valence-electron chi connectivity index (χ1n) is 6.78. The fraction of sp³-hybridized carbons (Fsp3) is 0.714. The van der Waals surface area contributed by atoms with Crippen LogP contribution in [-0.4, -0.2) is 46.4 Å². The smallest absolute Gasteiger partial charge is 0.145 e. The van der Waals surface area contributed by atoms with Gasteiger partial charge in [-0.05, 0) is 27.7 Å². The minimum Gasteiger partial charge on any atom is -0.353 e. The molecule has 0 aliphatic carbocycles. The zero-order chi connectivity index (χ0) is 14.2. The van der Waals surface area contributed by atoms with Crippen molar-refractivity contribution in [2.45, 2.75) is 33.2 Å². The van der Waals surface area contributed by atoms with Crippen LogP contribution in [0.15, 0.2) is 0 Å². The number of aryl methyl sites for hydroxylation is 2. The topological polar surface area (TPSA) is 48.1 Å². The van der Waals surface area contributed by atoms with Crippen LogP contribution in [-0.2, 0) is 7.05 Å². The van der Waals surface area contributed by atoms with E-state index in [0.29, 0.717) is 5.56 Å². The quantitative estimate of drug-likeness (QED) is 0.769. The van der Waals surface area contributed by atoms with Gasteiger partial charge in [-0.3, -0.25) is 9.58 Å². The van der Waals surface area contributed by atoms with Gasteiger partial charge in [0.25, 0.3) is 0 Å². The van der Waals surface area contributed by atoms with Gasteiger partial charge in [-0.1, -0.05) is 0 Å². The summed E-state index contributed by atoms with van der Waals surface area (Å²) in [6.45, 7) is 12.6. The lowest BCUT2D eigenvalue weighted by Crippen LogP contribution is -2.53. The van der Waals surface area contributed by atoms with Crippen molar-refractivity contribution >= 4 is 5.82 Å². The molecule has 2 heterocycles. The number of piperazine rings is 1. The van der Waals surface area contributed by atoms with E-state index >= 15 is 0 Å². The van der Waals surface area contributed by atoms with Gasteiger partial charge in [-0.15, -0.1) is 0 Å². The fourth-order valence-corrected chi connectivity index (χ4v) is 2.73. The van der Waals surface area contributed by atoms with Crippen LogP contribution in [0.25, 0.3) is 0 Å². The first-order valence-corrected chi connectivity index (χ1v) is 6.78. The van der Waals surface area contributed by atoms with Gasteiger partial charge in [-0.25, -0.2) is 0 Å². The molecule has 0 spiro atoms. The molecule has 19 heavy (non-hydrogen) atoms. The third-order valence-electron chi connectivity index (χ3n) is 3.83. The number of anilines is 1. The zero-order valence-electron chi connectivity index (χ0n) is 12.6. The molecule has 104 valence electrons. The van der Waals surface area contributed by atoms with Crippen LogP contribution in [0, 0.1) is 18.3 Å². The summed E-state index contributed by atoms with van der Waals surface area (Å²) in [6.07, 6.45) is 0. The lowest BCUT2D eigenvalue weighted by molar-refractivity contribution is 0.128. The van der Waals surface area contributed by atoms with Crippen molar-refractivity contribution < 1.29 is 0 Å². The first-order chi connectivity index (χ1) is 8.84. The summed E-state index contributed by atoms with van der Waals surface area (Å²) in [5.41, 5.74) is 1.75. The van der Waals surface area contributed by atoms with E-state index in [0.717, 1.165) is 37.7 Å². The maximum absolute atomic E-state index is 9.28. The molecular formula is C14H23N5. The maximum atomic E-state index is 9.28. The molecule has 1 aliphatic rings. The van der Waals surface area contributed by atoms with Crippen molar-refractivity contribution in [3.63, 3.8) is 0 Å². The normalized spacial score (nSPS) is 17.6. The van der Waals surface area contributed by atoms with Crippen molar-refractivity contribution in [2.75, 3.05) is 31.1 Å². The third-order valence-corrected chi connectivity index (χ3v) is 3.83. The predicted octanol–water partition coefficient (Wildman–Crippen LogP) is 1.52. The monoisotopic (exact) mass is 261 g/mol. The molecule has 1 aromatic heterocycles. The van der Waals surface area contributed by atoms with Gasteiger partial charge < -0.3 is 4.90 Å². The summed E-state index contributed by atoms with van der Waals surface area (Å²) >= 11 is 0. The molecule has 0 saturated carbocycles. The van der Waals surface area contributed by atoms with E-state index in [1.165, 1.54) is 0 Å². The van der Waals surface area contributed by atoms with E-state index in [2.05, 4.69) is 41.7 Å². The molecular weight excluding hydrogens is 238 g/mol. The number of rotatable bonds is 1. The highest BCUT2D eigenvalue weighted by molar-refractivity contribution is 5.57. The highest BCUT2D eigenvalue weighted by Gasteiger charge is 2.28. The van der Waals surface area contributed by atoms with Crippen molar-refractivity contribution in [3.8, 4) is 6.07 Å². The lowest BCUT2D eigenvalue weighted by atomic mass is 10.0. The molecule has 2 rings (SSSR count). The van der Waals surface area contributed by atoms with Crippen LogP contribution in [0.1, 0.15) is 32.0 Å². The standard InChI is InChI=1S/C14H23N5/c1-11-12(10-15)13(17(5)16-11)18-6-8-19(9-7-18)14(2,3)4/h6-9H2,1-5H3. The molecule has 5 heteroatoms. The summed E-state index contributed by atoms with van der Waals surface area (Å²) < 4.78 is 1.83. The van der Waals surface area contributed by atoms with E-state index < -0.39 is 0 Å². The number of aromatic nitrogens is 2. The average Bonchev–Trinajstić information content (AvgIpc) is 2.62. The van der Waals surface area contributed by atoms with Crippen LogP contribution in [0.2, 0.25) is 0 Å². The van der Waals surface area contributed by atoms with Gasteiger partial charge in [0.2, 0.25) is 0 Å². The Morgan fingerprint density at radius 2 is 1.74 bits per heavy atom. The van der Waals surface area contributed by atoms with Crippen LogP contribution in [0.3, 0.4) is 0 Å². The summed E-state index contributed by atoms with van der Waals surface area (Å²) in [4.78, 5) is 4.76. The Kier molecular flexibility index (Phi) is 3.55. The SMILES string of the molecule is Cc1nn(C)c(N2CCN(C(C)(C)C)CC2)c1C#N. The molecule has 0 unspecified atom stereocenters. The third kappa shape index (κ3) is 2.59. The molecule has 0 radical (unpaired) electrons. The first kappa shape index (κ1) is 13.9. The van der Waals surface area contributed by atoms with E-state index in [1.807, 2.05) is 18.7 Å². The Labute approximate surface area is 115 Å². The molecule has 1 aliphatic heterocycles. The predicted molar refractivity (Wildman–Crippen MR) is 76.2 cm³/mol. The molecule has 1 aromatic rings. The average molecular weight is 261 g/mol. The molecule has 1 saturated heterocycles. The molecule has 5 nitrogen and oxygen atoms in total. The molecule has 1 fully saturated rings. The molecule has 0 amide bonds. The molecule has 0 bridgehead atoms. The van der Waals surface area contributed by atoms with E-state index in [9.17, 15) is 5.26 Å². The van der Waals surface area contributed by atoms with Crippen LogP contribution < -0.4 is 4.90 Å². The van der Waals surface area contributed by atoms with Gasteiger partial charge >= 0.3 is 0 Å². The summed E-state index contributed by atoms with van der Waals surface area (Å²) in [6, 6.07) is 2.28. The minimum absolute atomic E-state index is 0.215. The molecule has 0 N–H and O–H groups in total. The van der Waals surface area contributed by atoms with Crippen LogP contribution in [0.5, 0.6) is 0 Å². The van der Waals surface area contributed by atoms with E-state index in [4.69, 9.17) is 0 Å². The lowest BCUT2D eigenvalue weighted by Gasteiger charge is -2.42. The number of hydrogen-bond acceptors (Lipinski definition) is 4. The Morgan fingerprint density at radius 1 is 1.16 bits per heavy atom.